The lowest BCUT2D eigenvalue weighted by molar-refractivity contribution is 0.627. The van der Waals surface area contributed by atoms with Crippen molar-refractivity contribution >= 4 is 11.6 Å². The smallest absolute Gasteiger partial charge is 0.132 e. The molecular formula is C13H13ClFN3. The van der Waals surface area contributed by atoms with E-state index in [4.69, 9.17) is 17.3 Å². The standard InChI is InChI=1S/C13H13ClFN3/c14-12-6-11(15)2-1-10(12)5-13-17-7-9(3-4-16)8-18-13/h1-2,6-8H,3-5,16H2. The van der Waals surface area contributed by atoms with Crippen molar-refractivity contribution < 1.29 is 4.39 Å². The summed E-state index contributed by atoms with van der Waals surface area (Å²) in [4.78, 5) is 8.47. The predicted octanol–water partition coefficient (Wildman–Crippen LogP) is 2.36. The second kappa shape index (κ2) is 5.89. The summed E-state index contributed by atoms with van der Waals surface area (Å²) >= 11 is 5.95. The highest BCUT2D eigenvalue weighted by molar-refractivity contribution is 6.31. The third-order valence-electron chi connectivity index (χ3n) is 2.56. The third kappa shape index (κ3) is 3.24. The molecule has 0 aliphatic heterocycles. The Hall–Kier alpha value is -1.52. The number of rotatable bonds is 4. The average Bonchev–Trinajstić information content (AvgIpc) is 2.35. The van der Waals surface area contributed by atoms with E-state index in [1.54, 1.807) is 18.5 Å². The Morgan fingerprint density at radius 1 is 1.22 bits per heavy atom. The molecule has 0 saturated carbocycles. The van der Waals surface area contributed by atoms with E-state index in [-0.39, 0.29) is 5.82 Å². The maximum atomic E-state index is 12.9. The zero-order valence-electron chi connectivity index (χ0n) is 9.74. The maximum Gasteiger partial charge on any atom is 0.132 e. The molecule has 0 saturated heterocycles. The fraction of sp³-hybridized carbons (Fsp3) is 0.231. The third-order valence-corrected chi connectivity index (χ3v) is 2.91. The Labute approximate surface area is 110 Å². The van der Waals surface area contributed by atoms with Gasteiger partial charge in [-0.05, 0) is 36.2 Å². The minimum absolute atomic E-state index is 0.344. The molecule has 0 bridgehead atoms. The van der Waals surface area contributed by atoms with Gasteiger partial charge in [0.05, 0.1) is 0 Å². The van der Waals surface area contributed by atoms with Gasteiger partial charge < -0.3 is 5.73 Å². The molecule has 18 heavy (non-hydrogen) atoms. The fourth-order valence-electron chi connectivity index (χ4n) is 1.60. The molecule has 0 unspecified atom stereocenters. The lowest BCUT2D eigenvalue weighted by Gasteiger charge is -2.04. The first-order valence-corrected chi connectivity index (χ1v) is 6.00. The van der Waals surface area contributed by atoms with E-state index in [0.29, 0.717) is 23.8 Å². The molecule has 2 rings (SSSR count). The molecule has 3 nitrogen and oxygen atoms in total. The summed E-state index contributed by atoms with van der Waals surface area (Å²) in [5.74, 6) is 0.312. The van der Waals surface area contributed by atoms with Gasteiger partial charge in [0.2, 0.25) is 0 Å². The van der Waals surface area contributed by atoms with Crippen molar-refractivity contribution in [2.24, 2.45) is 5.73 Å². The Kier molecular flexibility index (Phi) is 4.23. The number of nitrogens with two attached hydrogens (primary N) is 1. The van der Waals surface area contributed by atoms with E-state index in [1.165, 1.54) is 12.1 Å². The molecule has 1 aromatic carbocycles. The largest absolute Gasteiger partial charge is 0.330 e. The first-order chi connectivity index (χ1) is 8.69. The molecule has 0 spiro atoms. The van der Waals surface area contributed by atoms with Crippen molar-refractivity contribution in [1.29, 1.82) is 0 Å². The Balaban J connectivity index is 2.13. The highest BCUT2D eigenvalue weighted by Crippen LogP contribution is 2.19. The van der Waals surface area contributed by atoms with Gasteiger partial charge in [0, 0.05) is 23.8 Å². The summed E-state index contributed by atoms with van der Waals surface area (Å²) in [5.41, 5.74) is 7.26. The Morgan fingerprint density at radius 3 is 2.56 bits per heavy atom. The molecule has 0 fully saturated rings. The summed E-state index contributed by atoms with van der Waals surface area (Å²) in [6.07, 6.45) is 4.76. The predicted molar refractivity (Wildman–Crippen MR) is 69.0 cm³/mol. The van der Waals surface area contributed by atoms with Crippen LogP contribution in [0.5, 0.6) is 0 Å². The van der Waals surface area contributed by atoms with Crippen LogP contribution in [0.1, 0.15) is 17.0 Å². The summed E-state index contributed by atoms with van der Waals surface area (Å²) in [6, 6.07) is 4.32. The van der Waals surface area contributed by atoms with Gasteiger partial charge in [-0.15, -0.1) is 0 Å². The Bertz CT molecular complexity index is 528. The first kappa shape index (κ1) is 12.9. The van der Waals surface area contributed by atoms with Gasteiger partial charge in [0.1, 0.15) is 11.6 Å². The van der Waals surface area contributed by atoms with Crippen molar-refractivity contribution in [3.05, 3.63) is 58.4 Å². The number of hydrogen-bond acceptors (Lipinski definition) is 3. The van der Waals surface area contributed by atoms with Crippen molar-refractivity contribution in [3.8, 4) is 0 Å². The van der Waals surface area contributed by atoms with Crippen LogP contribution in [-0.4, -0.2) is 16.5 Å². The van der Waals surface area contributed by atoms with Gasteiger partial charge in [-0.2, -0.15) is 0 Å². The van der Waals surface area contributed by atoms with Gasteiger partial charge in [-0.1, -0.05) is 17.7 Å². The van der Waals surface area contributed by atoms with Crippen LogP contribution < -0.4 is 5.73 Å². The molecule has 0 amide bonds. The average molecular weight is 266 g/mol. The molecule has 0 radical (unpaired) electrons. The van der Waals surface area contributed by atoms with Crippen LogP contribution in [-0.2, 0) is 12.8 Å². The summed E-state index contributed by atoms with van der Waals surface area (Å²) < 4.78 is 12.9. The van der Waals surface area contributed by atoms with Crippen LogP contribution in [0.2, 0.25) is 5.02 Å². The van der Waals surface area contributed by atoms with Crippen LogP contribution in [0.25, 0.3) is 0 Å². The quantitative estimate of drug-likeness (QED) is 0.923. The van der Waals surface area contributed by atoms with Gasteiger partial charge in [-0.25, -0.2) is 14.4 Å². The van der Waals surface area contributed by atoms with Crippen molar-refractivity contribution in [1.82, 2.24) is 9.97 Å². The van der Waals surface area contributed by atoms with Crippen molar-refractivity contribution in [2.75, 3.05) is 6.54 Å². The number of halogens is 2. The number of hydrogen-bond donors (Lipinski definition) is 1. The van der Waals surface area contributed by atoms with Gasteiger partial charge in [0.15, 0.2) is 0 Å². The highest BCUT2D eigenvalue weighted by atomic mass is 35.5. The zero-order chi connectivity index (χ0) is 13.0. The molecule has 0 atom stereocenters. The van der Waals surface area contributed by atoms with E-state index in [1.807, 2.05) is 0 Å². The molecule has 1 aromatic heterocycles. The molecule has 0 aliphatic carbocycles. The monoisotopic (exact) mass is 265 g/mol. The van der Waals surface area contributed by atoms with Gasteiger partial charge >= 0.3 is 0 Å². The normalized spacial score (nSPS) is 10.6. The summed E-state index contributed by atoms with van der Waals surface area (Å²) in [7, 11) is 0. The summed E-state index contributed by atoms with van der Waals surface area (Å²) in [5, 5.41) is 0.393. The van der Waals surface area contributed by atoms with Crippen LogP contribution in [0.15, 0.2) is 30.6 Å². The lowest BCUT2D eigenvalue weighted by Crippen LogP contribution is -2.05. The van der Waals surface area contributed by atoms with Crippen LogP contribution in [0.4, 0.5) is 4.39 Å². The molecule has 94 valence electrons. The fourth-order valence-corrected chi connectivity index (χ4v) is 1.84. The number of aromatic nitrogens is 2. The van der Waals surface area contributed by atoms with E-state index in [2.05, 4.69) is 9.97 Å². The molecule has 2 aromatic rings. The second-order valence-electron chi connectivity index (χ2n) is 3.96. The van der Waals surface area contributed by atoms with E-state index in [0.717, 1.165) is 17.5 Å². The highest BCUT2D eigenvalue weighted by Gasteiger charge is 2.05. The molecule has 2 N–H and O–H groups in total. The zero-order valence-corrected chi connectivity index (χ0v) is 10.5. The number of nitrogens with zero attached hydrogens (tertiary/aromatic N) is 2. The van der Waals surface area contributed by atoms with Crippen molar-refractivity contribution in [2.45, 2.75) is 12.8 Å². The van der Waals surface area contributed by atoms with Crippen molar-refractivity contribution in [3.63, 3.8) is 0 Å². The first-order valence-electron chi connectivity index (χ1n) is 5.63. The van der Waals surface area contributed by atoms with Gasteiger partial charge in [-0.3, -0.25) is 0 Å². The molecule has 5 heteroatoms. The molecular weight excluding hydrogens is 253 g/mol. The minimum atomic E-state index is -0.344. The van der Waals surface area contributed by atoms with E-state index >= 15 is 0 Å². The Morgan fingerprint density at radius 2 is 1.94 bits per heavy atom. The van der Waals surface area contributed by atoms with Crippen LogP contribution in [0, 0.1) is 5.82 Å². The second-order valence-corrected chi connectivity index (χ2v) is 4.37. The molecule has 0 aliphatic rings. The maximum absolute atomic E-state index is 12.9. The minimum Gasteiger partial charge on any atom is -0.330 e. The topological polar surface area (TPSA) is 51.8 Å². The van der Waals surface area contributed by atoms with E-state index < -0.39 is 0 Å². The number of benzene rings is 1. The SMILES string of the molecule is NCCc1cnc(Cc2ccc(F)cc2Cl)nc1. The summed E-state index contributed by atoms with van der Waals surface area (Å²) in [6.45, 7) is 0.576. The van der Waals surface area contributed by atoms with E-state index in [9.17, 15) is 4.39 Å². The van der Waals surface area contributed by atoms with Crippen LogP contribution in [0.3, 0.4) is 0 Å². The van der Waals surface area contributed by atoms with Gasteiger partial charge in [0.25, 0.3) is 0 Å². The van der Waals surface area contributed by atoms with Crippen LogP contribution >= 0.6 is 11.6 Å². The lowest BCUT2D eigenvalue weighted by atomic mass is 10.1. The molecule has 1 heterocycles.